The fraction of sp³-hybridized carbons (Fsp3) is 0.375. The number of aromatic nitrogens is 1. The summed E-state index contributed by atoms with van der Waals surface area (Å²) in [5.41, 5.74) is 3.31. The van der Waals surface area contributed by atoms with Gasteiger partial charge in [-0.05, 0) is 37.0 Å². The number of thioether (sulfide) groups is 1. The Bertz CT molecular complexity index is 625. The first-order chi connectivity index (χ1) is 9.63. The number of unbranched alkanes of at least 4 members (excludes halogenated alkanes) is 1. The van der Waals surface area contributed by atoms with E-state index >= 15 is 0 Å². The number of carboxylic acids is 1. The summed E-state index contributed by atoms with van der Waals surface area (Å²) < 4.78 is 0. The molecule has 0 amide bonds. The molecule has 0 N–H and O–H groups in total. The van der Waals surface area contributed by atoms with E-state index in [1.807, 2.05) is 18.2 Å². The Morgan fingerprint density at radius 2 is 2.10 bits per heavy atom. The molecule has 1 heterocycles. The van der Waals surface area contributed by atoms with Gasteiger partial charge in [-0.2, -0.15) is 0 Å². The van der Waals surface area contributed by atoms with Crippen molar-refractivity contribution >= 4 is 28.6 Å². The summed E-state index contributed by atoms with van der Waals surface area (Å²) in [5.74, 6) is -1.10. The first-order valence-electron chi connectivity index (χ1n) is 6.84. The molecule has 3 nitrogen and oxygen atoms in total. The largest absolute Gasteiger partial charge is 0.549 e. The summed E-state index contributed by atoms with van der Waals surface area (Å²) in [5, 5.41) is 12.7. The summed E-state index contributed by atoms with van der Waals surface area (Å²) in [7, 11) is 0. The highest BCUT2D eigenvalue weighted by Crippen LogP contribution is 2.30. The van der Waals surface area contributed by atoms with E-state index in [4.69, 9.17) is 0 Å². The topological polar surface area (TPSA) is 53.0 Å². The molecule has 0 spiro atoms. The van der Waals surface area contributed by atoms with E-state index in [1.54, 1.807) is 0 Å². The minimum Gasteiger partial charge on any atom is -0.549 e. The van der Waals surface area contributed by atoms with E-state index in [0.717, 1.165) is 35.2 Å². The molecular formula is C16H18NO2S-. The minimum atomic E-state index is -1.05. The number of fused-ring (bicyclic) bond motifs is 1. The van der Waals surface area contributed by atoms with Gasteiger partial charge in [0.05, 0.1) is 11.5 Å². The lowest BCUT2D eigenvalue weighted by Gasteiger charge is -2.14. The van der Waals surface area contributed by atoms with Gasteiger partial charge in [-0.3, -0.25) is 0 Å². The number of pyridine rings is 1. The zero-order valence-corrected chi connectivity index (χ0v) is 12.6. The van der Waals surface area contributed by atoms with Gasteiger partial charge in [0.2, 0.25) is 0 Å². The molecule has 2 aromatic rings. The molecule has 4 heteroatoms. The molecule has 0 aliphatic heterocycles. The van der Waals surface area contributed by atoms with Crippen LogP contribution in [0.1, 0.15) is 30.9 Å². The summed E-state index contributed by atoms with van der Waals surface area (Å²) in [6, 6.07) is 8.00. The molecule has 0 bridgehead atoms. The highest BCUT2D eigenvalue weighted by molar-refractivity contribution is 7.99. The minimum absolute atomic E-state index is 0.0517. The molecule has 0 radical (unpaired) electrons. The summed E-state index contributed by atoms with van der Waals surface area (Å²) in [6.07, 6.45) is 3.13. The smallest absolute Gasteiger partial charge is 0.101 e. The number of carbonyl (C=O) groups is 1. The van der Waals surface area contributed by atoms with Crippen LogP contribution >= 0.6 is 11.8 Å². The Morgan fingerprint density at radius 1 is 1.35 bits per heavy atom. The second kappa shape index (κ2) is 6.75. The maximum Gasteiger partial charge on any atom is 0.101 e. The average molecular weight is 288 g/mol. The van der Waals surface area contributed by atoms with Crippen molar-refractivity contribution in [2.45, 2.75) is 38.1 Å². The zero-order chi connectivity index (χ0) is 14.5. The van der Waals surface area contributed by atoms with Crippen molar-refractivity contribution in [1.82, 2.24) is 4.98 Å². The fourth-order valence-corrected chi connectivity index (χ4v) is 3.13. The van der Waals surface area contributed by atoms with Crippen molar-refractivity contribution in [2.75, 3.05) is 5.75 Å². The first kappa shape index (κ1) is 14.9. The van der Waals surface area contributed by atoms with Crippen LogP contribution in [0.15, 0.2) is 29.3 Å². The van der Waals surface area contributed by atoms with Crippen LogP contribution in [0.3, 0.4) is 0 Å². The zero-order valence-electron chi connectivity index (χ0n) is 11.8. The van der Waals surface area contributed by atoms with Crippen LogP contribution in [0.2, 0.25) is 0 Å². The van der Waals surface area contributed by atoms with E-state index in [1.165, 1.54) is 22.9 Å². The van der Waals surface area contributed by atoms with Crippen molar-refractivity contribution in [3.63, 3.8) is 0 Å². The molecule has 0 aliphatic rings. The predicted octanol–water partition coefficient (Wildman–Crippen LogP) is 2.73. The monoisotopic (exact) mass is 288 g/mol. The average Bonchev–Trinajstić information content (AvgIpc) is 2.44. The van der Waals surface area contributed by atoms with Crippen LogP contribution in [0.4, 0.5) is 0 Å². The van der Waals surface area contributed by atoms with Gasteiger partial charge >= 0.3 is 0 Å². The molecule has 0 atom stereocenters. The van der Waals surface area contributed by atoms with Crippen molar-refractivity contribution in [1.29, 1.82) is 0 Å². The lowest BCUT2D eigenvalue weighted by atomic mass is 10.0. The number of rotatable bonds is 6. The molecule has 0 fully saturated rings. The van der Waals surface area contributed by atoms with E-state index in [-0.39, 0.29) is 5.75 Å². The number of aliphatic carboxylic acids is 1. The Labute approximate surface area is 123 Å². The normalized spacial score (nSPS) is 10.9. The van der Waals surface area contributed by atoms with Crippen LogP contribution in [0, 0.1) is 6.92 Å². The number of carboxylic acid groups (broad SMARTS) is 1. The van der Waals surface area contributed by atoms with Gasteiger partial charge in [0, 0.05) is 11.1 Å². The summed E-state index contributed by atoms with van der Waals surface area (Å²) >= 11 is 1.26. The number of benzene rings is 1. The van der Waals surface area contributed by atoms with E-state index in [0.29, 0.717) is 0 Å². The number of hydrogen-bond donors (Lipinski definition) is 0. The molecule has 2 rings (SSSR count). The maximum atomic E-state index is 10.7. The third kappa shape index (κ3) is 3.31. The molecular weight excluding hydrogens is 270 g/mol. The Morgan fingerprint density at radius 3 is 2.80 bits per heavy atom. The third-order valence-electron chi connectivity index (χ3n) is 3.35. The van der Waals surface area contributed by atoms with Gasteiger partial charge in [0.25, 0.3) is 0 Å². The van der Waals surface area contributed by atoms with Gasteiger partial charge < -0.3 is 9.90 Å². The van der Waals surface area contributed by atoms with E-state index in [2.05, 4.69) is 24.9 Å². The van der Waals surface area contributed by atoms with Gasteiger partial charge in [-0.1, -0.05) is 31.5 Å². The second-order valence-electron chi connectivity index (χ2n) is 4.80. The number of aryl methyl sites for hydroxylation is 1. The molecule has 20 heavy (non-hydrogen) atoms. The van der Waals surface area contributed by atoms with Gasteiger partial charge in [0.1, 0.15) is 5.03 Å². The van der Waals surface area contributed by atoms with Crippen LogP contribution < -0.4 is 5.11 Å². The number of hydrogen-bond acceptors (Lipinski definition) is 4. The Hall–Kier alpha value is -1.55. The lowest BCUT2D eigenvalue weighted by molar-refractivity contribution is -0.301. The maximum absolute atomic E-state index is 10.7. The van der Waals surface area contributed by atoms with Crippen LogP contribution in [-0.2, 0) is 11.2 Å². The van der Waals surface area contributed by atoms with Crippen molar-refractivity contribution < 1.29 is 9.90 Å². The molecule has 0 saturated carbocycles. The highest BCUT2D eigenvalue weighted by Gasteiger charge is 2.12. The van der Waals surface area contributed by atoms with Crippen LogP contribution in [0.25, 0.3) is 10.9 Å². The van der Waals surface area contributed by atoms with Crippen molar-refractivity contribution in [3.8, 4) is 0 Å². The van der Waals surface area contributed by atoms with E-state index in [9.17, 15) is 9.90 Å². The van der Waals surface area contributed by atoms with Crippen molar-refractivity contribution in [3.05, 3.63) is 35.4 Å². The van der Waals surface area contributed by atoms with E-state index < -0.39 is 5.97 Å². The van der Waals surface area contributed by atoms with Crippen LogP contribution in [-0.4, -0.2) is 16.7 Å². The van der Waals surface area contributed by atoms with Gasteiger partial charge in [0.15, 0.2) is 0 Å². The molecule has 1 aromatic heterocycles. The third-order valence-corrected chi connectivity index (χ3v) is 4.34. The predicted molar refractivity (Wildman–Crippen MR) is 80.8 cm³/mol. The standard InChI is InChI=1S/C16H19NO2S/c1-3-4-7-13-11(2)12-8-5-6-9-14(12)17-16(13)20-10-15(18)19/h5-6,8-9H,3-4,7,10H2,1-2H3,(H,18,19)/p-1. The van der Waals surface area contributed by atoms with Gasteiger partial charge in [-0.25, -0.2) is 4.98 Å². The lowest BCUT2D eigenvalue weighted by Crippen LogP contribution is -2.24. The summed E-state index contributed by atoms with van der Waals surface area (Å²) in [4.78, 5) is 15.3. The Kier molecular flexibility index (Phi) is 5.01. The fourth-order valence-electron chi connectivity index (χ4n) is 2.28. The molecule has 0 saturated heterocycles. The molecule has 1 aromatic carbocycles. The molecule has 106 valence electrons. The SMILES string of the molecule is CCCCc1c(SCC(=O)[O-])nc2ccccc2c1C. The quantitative estimate of drug-likeness (QED) is 0.767. The highest BCUT2D eigenvalue weighted by atomic mass is 32.2. The first-order valence-corrected chi connectivity index (χ1v) is 7.83. The van der Waals surface area contributed by atoms with Gasteiger partial charge in [-0.15, -0.1) is 11.8 Å². The number of carbonyl (C=O) groups excluding carboxylic acids is 1. The van der Waals surface area contributed by atoms with Crippen molar-refractivity contribution in [2.24, 2.45) is 0 Å². The molecule has 0 aliphatic carbocycles. The van der Waals surface area contributed by atoms with Crippen LogP contribution in [0.5, 0.6) is 0 Å². The summed E-state index contributed by atoms with van der Waals surface area (Å²) in [6.45, 7) is 4.25. The molecule has 0 unspecified atom stereocenters. The second-order valence-corrected chi connectivity index (χ2v) is 5.77. The number of para-hydroxylation sites is 1. The number of nitrogens with zero attached hydrogens (tertiary/aromatic N) is 1. The Balaban J connectivity index is 2.47.